The number of amidine groups is 2. The summed E-state index contributed by atoms with van der Waals surface area (Å²) in [5.41, 5.74) is 6.53. The lowest BCUT2D eigenvalue weighted by atomic mass is 9.98. The summed E-state index contributed by atoms with van der Waals surface area (Å²) in [5.74, 6) is 0.154. The number of hydrogen-bond donors (Lipinski definition) is 1. The van der Waals surface area contributed by atoms with Gasteiger partial charge in [0.1, 0.15) is 5.04 Å². The van der Waals surface area contributed by atoms with Crippen LogP contribution in [0.4, 0.5) is 0 Å². The summed E-state index contributed by atoms with van der Waals surface area (Å²) in [5, 5.41) is 15.9. The zero-order chi connectivity index (χ0) is 24.7. The van der Waals surface area contributed by atoms with Gasteiger partial charge in [-0.1, -0.05) is 56.3 Å². The van der Waals surface area contributed by atoms with Crippen LogP contribution in [0.15, 0.2) is 76.3 Å². The number of benzene rings is 2. The molecular weight excluding hydrogens is 454 g/mol. The molecule has 176 valence electrons. The number of amides is 1. The Morgan fingerprint density at radius 2 is 1.80 bits per heavy atom. The summed E-state index contributed by atoms with van der Waals surface area (Å²) in [6, 6.07) is 20.4. The molecule has 1 N–H and O–H groups in total. The van der Waals surface area contributed by atoms with Gasteiger partial charge in [-0.15, -0.1) is 0 Å². The van der Waals surface area contributed by atoms with Gasteiger partial charge in [-0.2, -0.15) is 15.1 Å². The first kappa shape index (κ1) is 23.1. The Balaban J connectivity index is 1.47. The zero-order valence-corrected chi connectivity index (χ0v) is 21.1. The van der Waals surface area contributed by atoms with E-state index in [1.165, 1.54) is 22.3 Å². The Labute approximate surface area is 209 Å². The fourth-order valence-corrected chi connectivity index (χ4v) is 5.26. The number of carbonyl (C=O) groups is 1. The number of fused-ring (bicyclic) bond motifs is 1. The van der Waals surface area contributed by atoms with Crippen molar-refractivity contribution in [1.29, 1.82) is 5.41 Å². The number of carbonyl (C=O) groups excluding carboxylic acids is 1. The maximum Gasteiger partial charge on any atom is 0.283 e. The highest BCUT2D eigenvalue weighted by atomic mass is 32.2. The van der Waals surface area contributed by atoms with Gasteiger partial charge >= 0.3 is 0 Å². The Morgan fingerprint density at radius 1 is 1.09 bits per heavy atom. The first-order chi connectivity index (χ1) is 16.9. The van der Waals surface area contributed by atoms with Crippen molar-refractivity contribution in [2.75, 3.05) is 0 Å². The van der Waals surface area contributed by atoms with Gasteiger partial charge in [-0.25, -0.2) is 0 Å². The topological polar surface area (TPSA) is 73.8 Å². The van der Waals surface area contributed by atoms with Gasteiger partial charge in [-0.05, 0) is 73.4 Å². The highest BCUT2D eigenvalue weighted by Gasteiger charge is 2.36. The summed E-state index contributed by atoms with van der Waals surface area (Å²) in [6.45, 7) is 8.52. The number of aromatic nitrogens is 1. The van der Waals surface area contributed by atoms with E-state index in [-0.39, 0.29) is 11.4 Å². The van der Waals surface area contributed by atoms with Crippen LogP contribution in [0.2, 0.25) is 0 Å². The molecule has 5 rings (SSSR count). The first-order valence-corrected chi connectivity index (χ1v) is 12.5. The van der Waals surface area contributed by atoms with E-state index < -0.39 is 5.91 Å². The quantitative estimate of drug-likeness (QED) is 0.436. The van der Waals surface area contributed by atoms with Crippen LogP contribution in [0.1, 0.15) is 54.3 Å². The maximum absolute atomic E-state index is 12.9. The molecular formula is C28H27N5OS. The van der Waals surface area contributed by atoms with Crippen molar-refractivity contribution in [3.63, 3.8) is 0 Å². The molecule has 0 aliphatic carbocycles. The van der Waals surface area contributed by atoms with Gasteiger partial charge in [0.15, 0.2) is 5.84 Å². The SMILES string of the molecule is CCC(C)c1ccc(-n2c(C)cc(/C=C3/C(=N)N4N=C(c5ccccc5)SC4=NC3=O)c2C)cc1. The third kappa shape index (κ3) is 4.17. The molecule has 0 spiro atoms. The summed E-state index contributed by atoms with van der Waals surface area (Å²) >= 11 is 1.31. The van der Waals surface area contributed by atoms with Crippen LogP contribution in [0.5, 0.6) is 0 Å². The van der Waals surface area contributed by atoms with Gasteiger partial charge < -0.3 is 4.57 Å². The summed E-state index contributed by atoms with van der Waals surface area (Å²) in [7, 11) is 0. The van der Waals surface area contributed by atoms with Crippen molar-refractivity contribution in [3.8, 4) is 5.69 Å². The van der Waals surface area contributed by atoms with Gasteiger partial charge in [0.25, 0.3) is 5.91 Å². The molecule has 0 fully saturated rings. The molecule has 1 unspecified atom stereocenters. The molecule has 1 atom stereocenters. The van der Waals surface area contributed by atoms with Crippen molar-refractivity contribution in [3.05, 3.63) is 94.3 Å². The number of aryl methyl sites for hydroxylation is 1. The van der Waals surface area contributed by atoms with Crippen molar-refractivity contribution in [1.82, 2.24) is 9.58 Å². The Hall–Kier alpha value is -3.71. The largest absolute Gasteiger partial charge is 0.318 e. The second-order valence-corrected chi connectivity index (χ2v) is 9.81. The van der Waals surface area contributed by atoms with E-state index in [1.807, 2.05) is 43.3 Å². The van der Waals surface area contributed by atoms with Crippen LogP contribution in [0.25, 0.3) is 11.8 Å². The lowest BCUT2D eigenvalue weighted by molar-refractivity contribution is -0.114. The molecule has 7 heteroatoms. The molecule has 0 saturated carbocycles. The highest BCUT2D eigenvalue weighted by molar-refractivity contribution is 8.27. The minimum atomic E-state index is -0.416. The predicted molar refractivity (Wildman–Crippen MR) is 145 cm³/mol. The van der Waals surface area contributed by atoms with Gasteiger partial charge in [-0.3, -0.25) is 10.2 Å². The number of hydrazone groups is 1. The number of rotatable bonds is 5. The van der Waals surface area contributed by atoms with Crippen LogP contribution >= 0.6 is 11.8 Å². The van der Waals surface area contributed by atoms with Crippen molar-refractivity contribution in [2.24, 2.45) is 10.1 Å². The van der Waals surface area contributed by atoms with Gasteiger partial charge in [0, 0.05) is 22.6 Å². The lowest BCUT2D eigenvalue weighted by Crippen LogP contribution is -2.35. The molecule has 0 radical (unpaired) electrons. The predicted octanol–water partition coefficient (Wildman–Crippen LogP) is 6.28. The molecule has 35 heavy (non-hydrogen) atoms. The number of hydrogen-bond acceptors (Lipinski definition) is 4. The van der Waals surface area contributed by atoms with Crippen LogP contribution in [-0.4, -0.2) is 31.5 Å². The number of thioether (sulfide) groups is 1. The molecule has 0 bridgehead atoms. The normalized spacial score (nSPS) is 17.5. The second-order valence-electron chi connectivity index (χ2n) is 8.85. The average Bonchev–Trinajstić information content (AvgIpc) is 3.42. The van der Waals surface area contributed by atoms with E-state index in [9.17, 15) is 4.79 Å². The Morgan fingerprint density at radius 3 is 2.49 bits per heavy atom. The summed E-state index contributed by atoms with van der Waals surface area (Å²) in [4.78, 5) is 17.1. The fourth-order valence-electron chi connectivity index (χ4n) is 4.36. The molecule has 2 aliphatic rings. The molecule has 1 amide bonds. The molecule has 3 aromatic rings. The van der Waals surface area contributed by atoms with E-state index >= 15 is 0 Å². The van der Waals surface area contributed by atoms with Crippen molar-refractivity contribution >= 4 is 39.8 Å². The van der Waals surface area contributed by atoms with Gasteiger partial charge in [0.05, 0.1) is 5.57 Å². The highest BCUT2D eigenvalue weighted by Crippen LogP contribution is 2.32. The fraction of sp³-hybridized carbons (Fsp3) is 0.214. The standard InChI is InChI=1S/C28H27N5OS/c1-5-17(2)20-11-13-23(14-12-20)32-18(3)15-22(19(32)4)16-24-25(29)33-28(30-26(24)34)35-27(31-33)21-9-7-6-8-10-21/h6-17,29H,5H2,1-4H3/b24-16-,29-25?. The minimum absolute atomic E-state index is 0.0427. The van der Waals surface area contributed by atoms with E-state index in [4.69, 9.17) is 5.41 Å². The van der Waals surface area contributed by atoms with E-state index in [1.54, 1.807) is 6.08 Å². The van der Waals surface area contributed by atoms with Crippen LogP contribution in [0.3, 0.4) is 0 Å². The van der Waals surface area contributed by atoms with Crippen molar-refractivity contribution < 1.29 is 4.79 Å². The van der Waals surface area contributed by atoms with Crippen LogP contribution < -0.4 is 0 Å². The second kappa shape index (κ2) is 9.15. The van der Waals surface area contributed by atoms with Crippen LogP contribution in [-0.2, 0) is 4.79 Å². The average molecular weight is 482 g/mol. The third-order valence-corrected chi connectivity index (χ3v) is 7.54. The zero-order valence-electron chi connectivity index (χ0n) is 20.2. The van der Waals surface area contributed by atoms with E-state index in [2.05, 4.69) is 59.7 Å². The minimum Gasteiger partial charge on any atom is -0.318 e. The molecule has 6 nitrogen and oxygen atoms in total. The van der Waals surface area contributed by atoms with Crippen LogP contribution in [0, 0.1) is 19.3 Å². The lowest BCUT2D eigenvalue weighted by Gasteiger charge is -2.20. The maximum atomic E-state index is 12.9. The summed E-state index contributed by atoms with van der Waals surface area (Å²) < 4.78 is 2.18. The number of aliphatic imine (C=N–C) groups is 1. The monoisotopic (exact) mass is 481 g/mol. The molecule has 2 aromatic carbocycles. The Bertz CT molecular complexity index is 1410. The van der Waals surface area contributed by atoms with E-state index in [0.29, 0.717) is 11.1 Å². The molecule has 2 aliphatic heterocycles. The molecule has 3 heterocycles. The summed E-state index contributed by atoms with van der Waals surface area (Å²) in [6.07, 6.45) is 2.87. The number of nitrogens with one attached hydrogen (secondary N) is 1. The van der Waals surface area contributed by atoms with Gasteiger partial charge in [0.2, 0.25) is 5.17 Å². The molecule has 1 aromatic heterocycles. The number of nitrogens with zero attached hydrogens (tertiary/aromatic N) is 4. The van der Waals surface area contributed by atoms with E-state index in [0.717, 1.165) is 39.7 Å². The smallest absolute Gasteiger partial charge is 0.283 e. The first-order valence-electron chi connectivity index (χ1n) is 11.7. The Kier molecular flexibility index (Phi) is 6.03. The molecule has 0 saturated heterocycles. The third-order valence-electron chi connectivity index (χ3n) is 6.58. The van der Waals surface area contributed by atoms with Crippen molar-refractivity contribution in [2.45, 2.75) is 40.0 Å².